The number of anilines is 1. The van der Waals surface area contributed by atoms with E-state index in [0.29, 0.717) is 31.3 Å². The van der Waals surface area contributed by atoms with Gasteiger partial charge in [0, 0.05) is 19.6 Å². The maximum Gasteiger partial charge on any atom is 0.259 e. The lowest BCUT2D eigenvalue weighted by molar-refractivity contribution is 0.0730. The summed E-state index contributed by atoms with van der Waals surface area (Å²) in [6.45, 7) is 8.53. The van der Waals surface area contributed by atoms with E-state index in [-0.39, 0.29) is 29.3 Å². The van der Waals surface area contributed by atoms with Gasteiger partial charge in [-0.1, -0.05) is 26.0 Å². The molecule has 1 amide bonds. The van der Waals surface area contributed by atoms with Crippen LogP contribution < -0.4 is 14.8 Å². The van der Waals surface area contributed by atoms with Crippen molar-refractivity contribution in [3.8, 4) is 11.5 Å². The summed E-state index contributed by atoms with van der Waals surface area (Å²) in [6.07, 6.45) is 0. The fourth-order valence-corrected chi connectivity index (χ4v) is 5.11. The second-order valence-corrected chi connectivity index (χ2v) is 9.64. The van der Waals surface area contributed by atoms with Gasteiger partial charge in [0.15, 0.2) is 0 Å². The largest absolute Gasteiger partial charge is 0.496 e. The van der Waals surface area contributed by atoms with E-state index in [1.165, 1.54) is 29.6 Å². The highest BCUT2D eigenvalue weighted by atomic mass is 32.2. The predicted octanol–water partition coefficient (Wildman–Crippen LogP) is 2.69. The van der Waals surface area contributed by atoms with Crippen LogP contribution >= 0.6 is 0 Å². The smallest absolute Gasteiger partial charge is 0.259 e. The molecule has 2 aromatic rings. The van der Waals surface area contributed by atoms with E-state index < -0.39 is 15.9 Å². The Morgan fingerprint density at radius 1 is 1.09 bits per heavy atom. The summed E-state index contributed by atoms with van der Waals surface area (Å²) in [5.74, 6) is 0.327. The van der Waals surface area contributed by atoms with E-state index in [9.17, 15) is 13.2 Å². The van der Waals surface area contributed by atoms with Gasteiger partial charge in [-0.15, -0.1) is 0 Å². The van der Waals surface area contributed by atoms with Crippen LogP contribution in [0.5, 0.6) is 11.5 Å². The van der Waals surface area contributed by atoms with Crippen LogP contribution in [0.15, 0.2) is 47.4 Å². The molecule has 0 spiro atoms. The maximum atomic E-state index is 13.2. The van der Waals surface area contributed by atoms with Crippen molar-refractivity contribution in [3.05, 3.63) is 48.0 Å². The van der Waals surface area contributed by atoms with Gasteiger partial charge in [-0.3, -0.25) is 4.79 Å². The molecular weight excluding hydrogens is 458 g/mol. The number of sulfonamides is 1. The minimum atomic E-state index is -3.76. The Hall–Kier alpha value is -2.66. The molecule has 1 aliphatic rings. The molecule has 0 aromatic heterocycles. The number of para-hydroxylation sites is 2. The first-order valence-corrected chi connectivity index (χ1v) is 12.9. The first-order valence-electron chi connectivity index (χ1n) is 11.4. The number of amides is 1. The van der Waals surface area contributed by atoms with Crippen LogP contribution in [-0.2, 0) is 14.8 Å². The number of benzene rings is 2. The summed E-state index contributed by atoms with van der Waals surface area (Å²) in [6, 6.07) is 11.4. The number of nitrogens with one attached hydrogen (secondary N) is 1. The van der Waals surface area contributed by atoms with E-state index >= 15 is 0 Å². The Morgan fingerprint density at radius 2 is 1.79 bits per heavy atom. The fraction of sp³-hybridized carbons (Fsp3) is 0.458. The molecule has 10 heteroatoms. The lowest BCUT2D eigenvalue weighted by atomic mass is 10.1. The van der Waals surface area contributed by atoms with E-state index in [2.05, 4.69) is 24.1 Å². The van der Waals surface area contributed by atoms with Crippen molar-refractivity contribution in [1.29, 1.82) is 0 Å². The van der Waals surface area contributed by atoms with E-state index in [1.54, 1.807) is 18.2 Å². The lowest BCUT2D eigenvalue weighted by Gasteiger charge is -2.26. The van der Waals surface area contributed by atoms with Crippen LogP contribution in [0.2, 0.25) is 0 Å². The Bertz CT molecular complexity index is 1070. The zero-order valence-electron chi connectivity index (χ0n) is 20.0. The molecule has 9 nitrogen and oxygen atoms in total. The first kappa shape index (κ1) is 26.0. The number of nitrogens with zero attached hydrogens (tertiary/aromatic N) is 2. The summed E-state index contributed by atoms with van der Waals surface area (Å²) < 4.78 is 44.0. The standard InChI is InChI=1S/C24H33N3O6S/c1-4-26(5-2)12-17-33-23-9-7-6-8-21(23)25-24(28)20-18-19(10-11-22(20)31-3)34(29,30)27-13-15-32-16-14-27/h6-11,18H,4-5,12-17H2,1-3H3,(H,25,28). The summed E-state index contributed by atoms with van der Waals surface area (Å²) in [4.78, 5) is 15.5. The maximum absolute atomic E-state index is 13.2. The third kappa shape index (κ3) is 6.26. The lowest BCUT2D eigenvalue weighted by Crippen LogP contribution is -2.40. The molecule has 3 rings (SSSR count). The van der Waals surface area contributed by atoms with Crippen molar-refractivity contribution >= 4 is 21.6 Å². The fourth-order valence-electron chi connectivity index (χ4n) is 3.67. The van der Waals surface area contributed by atoms with Gasteiger partial charge in [0.1, 0.15) is 18.1 Å². The minimum absolute atomic E-state index is 0.0316. The predicted molar refractivity (Wildman–Crippen MR) is 130 cm³/mol. The van der Waals surface area contributed by atoms with Crippen LogP contribution in [0.3, 0.4) is 0 Å². The van der Waals surface area contributed by atoms with Gasteiger partial charge >= 0.3 is 0 Å². The van der Waals surface area contributed by atoms with Gasteiger partial charge in [-0.05, 0) is 43.4 Å². The zero-order chi connectivity index (χ0) is 24.6. The number of rotatable bonds is 11. The SMILES string of the molecule is CCN(CC)CCOc1ccccc1NC(=O)c1cc(S(=O)(=O)N2CCOCC2)ccc1OC. The Morgan fingerprint density at radius 3 is 2.47 bits per heavy atom. The van der Waals surface area contributed by atoms with E-state index in [4.69, 9.17) is 14.2 Å². The average molecular weight is 492 g/mol. The second kappa shape index (κ2) is 12.2. The number of methoxy groups -OCH3 is 1. The normalized spacial score (nSPS) is 14.7. The summed E-state index contributed by atoms with van der Waals surface area (Å²) in [7, 11) is -2.32. The number of likely N-dealkylation sites (N-methyl/N-ethyl adjacent to an activating group) is 1. The number of ether oxygens (including phenoxy) is 3. The van der Waals surface area contributed by atoms with Gasteiger partial charge in [-0.2, -0.15) is 4.31 Å². The molecule has 1 saturated heterocycles. The van der Waals surface area contributed by atoms with Crippen LogP contribution in [0.25, 0.3) is 0 Å². The number of hydrogen-bond donors (Lipinski definition) is 1. The molecule has 1 fully saturated rings. The molecule has 1 heterocycles. The molecule has 0 unspecified atom stereocenters. The third-order valence-corrected chi connectivity index (χ3v) is 7.61. The van der Waals surface area contributed by atoms with Gasteiger partial charge in [0.2, 0.25) is 10.0 Å². The average Bonchev–Trinajstić information content (AvgIpc) is 2.87. The molecule has 1 aliphatic heterocycles. The number of carbonyl (C=O) groups is 1. The summed E-state index contributed by atoms with van der Waals surface area (Å²) in [5.41, 5.74) is 0.616. The number of morpholine rings is 1. The molecule has 2 aromatic carbocycles. The van der Waals surface area contributed by atoms with Crippen LogP contribution in [0, 0.1) is 0 Å². The highest BCUT2D eigenvalue weighted by Crippen LogP contribution is 2.28. The van der Waals surface area contributed by atoms with Crippen molar-refractivity contribution in [1.82, 2.24) is 9.21 Å². The number of carbonyl (C=O) groups excluding carboxylic acids is 1. The highest BCUT2D eigenvalue weighted by molar-refractivity contribution is 7.89. The van der Waals surface area contributed by atoms with Gasteiger partial charge < -0.3 is 24.4 Å². The van der Waals surface area contributed by atoms with Gasteiger partial charge in [-0.25, -0.2) is 8.42 Å². The quantitative estimate of drug-likeness (QED) is 0.516. The summed E-state index contributed by atoms with van der Waals surface area (Å²) >= 11 is 0. The number of hydrogen-bond acceptors (Lipinski definition) is 7. The molecule has 0 atom stereocenters. The molecule has 0 aliphatic carbocycles. The Labute approximate surface area is 201 Å². The molecule has 0 saturated carbocycles. The van der Waals surface area contributed by atoms with Crippen molar-refractivity contribution in [2.24, 2.45) is 0 Å². The van der Waals surface area contributed by atoms with Crippen LogP contribution in [-0.4, -0.2) is 83.2 Å². The van der Waals surface area contributed by atoms with Gasteiger partial charge in [0.05, 0.1) is 36.5 Å². The molecule has 34 heavy (non-hydrogen) atoms. The molecule has 0 radical (unpaired) electrons. The minimum Gasteiger partial charge on any atom is -0.496 e. The summed E-state index contributed by atoms with van der Waals surface area (Å²) in [5, 5.41) is 2.84. The van der Waals surface area contributed by atoms with E-state index in [1.807, 2.05) is 6.07 Å². The Balaban J connectivity index is 1.80. The third-order valence-electron chi connectivity index (χ3n) is 5.72. The van der Waals surface area contributed by atoms with Crippen molar-refractivity contribution in [2.75, 3.05) is 65.0 Å². The van der Waals surface area contributed by atoms with Crippen LogP contribution in [0.4, 0.5) is 5.69 Å². The van der Waals surface area contributed by atoms with Crippen molar-refractivity contribution in [3.63, 3.8) is 0 Å². The zero-order valence-corrected chi connectivity index (χ0v) is 20.8. The highest BCUT2D eigenvalue weighted by Gasteiger charge is 2.28. The monoisotopic (exact) mass is 491 g/mol. The molecular formula is C24H33N3O6S. The van der Waals surface area contributed by atoms with Gasteiger partial charge in [0.25, 0.3) is 5.91 Å². The molecule has 1 N–H and O–H groups in total. The van der Waals surface area contributed by atoms with Crippen molar-refractivity contribution in [2.45, 2.75) is 18.7 Å². The van der Waals surface area contributed by atoms with E-state index in [0.717, 1.165) is 19.6 Å². The van der Waals surface area contributed by atoms with Crippen LogP contribution in [0.1, 0.15) is 24.2 Å². The van der Waals surface area contributed by atoms with Crippen molar-refractivity contribution < 1.29 is 27.4 Å². The first-order chi connectivity index (χ1) is 16.4. The topological polar surface area (TPSA) is 97.4 Å². The second-order valence-electron chi connectivity index (χ2n) is 7.70. The molecule has 186 valence electrons. The molecule has 0 bridgehead atoms. The Kier molecular flexibility index (Phi) is 9.28.